The van der Waals surface area contributed by atoms with Gasteiger partial charge in [-0.1, -0.05) is 18.2 Å². The van der Waals surface area contributed by atoms with Crippen LogP contribution in [0.3, 0.4) is 0 Å². The molecule has 0 spiro atoms. The number of fused-ring (bicyclic) bond motifs is 1. The Morgan fingerprint density at radius 3 is 2.91 bits per heavy atom. The molecule has 0 unspecified atom stereocenters. The SMILES string of the molecule is O=C(c1cc2ccccc2o1)N1CC(Nc2ccncn2)C1. The highest BCUT2D eigenvalue weighted by atomic mass is 16.3. The van der Waals surface area contributed by atoms with Gasteiger partial charge in [0.15, 0.2) is 5.76 Å². The Bertz CT molecular complexity index is 776. The summed E-state index contributed by atoms with van der Waals surface area (Å²) in [7, 11) is 0. The molecule has 0 saturated carbocycles. The highest BCUT2D eigenvalue weighted by Crippen LogP contribution is 2.22. The molecule has 110 valence electrons. The highest BCUT2D eigenvalue weighted by molar-refractivity contribution is 5.96. The number of hydrogen-bond donors (Lipinski definition) is 1. The van der Waals surface area contributed by atoms with Crippen LogP contribution in [0.5, 0.6) is 0 Å². The van der Waals surface area contributed by atoms with Crippen LogP contribution in [-0.4, -0.2) is 39.9 Å². The van der Waals surface area contributed by atoms with E-state index in [-0.39, 0.29) is 11.9 Å². The van der Waals surface area contributed by atoms with E-state index in [0.717, 1.165) is 16.8 Å². The molecule has 22 heavy (non-hydrogen) atoms. The van der Waals surface area contributed by atoms with Gasteiger partial charge in [0.2, 0.25) is 0 Å². The minimum atomic E-state index is -0.0723. The molecule has 1 aliphatic heterocycles. The summed E-state index contributed by atoms with van der Waals surface area (Å²) >= 11 is 0. The number of furan rings is 1. The van der Waals surface area contributed by atoms with E-state index in [0.29, 0.717) is 18.8 Å². The van der Waals surface area contributed by atoms with E-state index in [4.69, 9.17) is 4.42 Å². The van der Waals surface area contributed by atoms with Crippen LogP contribution in [0.4, 0.5) is 5.82 Å². The van der Waals surface area contributed by atoms with E-state index in [1.54, 1.807) is 17.2 Å². The van der Waals surface area contributed by atoms with Crippen molar-refractivity contribution < 1.29 is 9.21 Å². The summed E-state index contributed by atoms with van der Waals surface area (Å²) in [6.45, 7) is 1.28. The fourth-order valence-corrected chi connectivity index (χ4v) is 2.56. The predicted octanol–water partition coefficient (Wildman–Crippen LogP) is 2.16. The molecule has 0 aliphatic carbocycles. The molecule has 1 saturated heterocycles. The summed E-state index contributed by atoms with van der Waals surface area (Å²) in [5.41, 5.74) is 0.738. The van der Waals surface area contributed by atoms with Gasteiger partial charge in [0.1, 0.15) is 17.7 Å². The Kier molecular flexibility index (Phi) is 3.00. The van der Waals surface area contributed by atoms with E-state index >= 15 is 0 Å². The first-order valence-electron chi connectivity index (χ1n) is 7.10. The van der Waals surface area contributed by atoms with Crippen LogP contribution in [-0.2, 0) is 0 Å². The van der Waals surface area contributed by atoms with Crippen LogP contribution >= 0.6 is 0 Å². The Hall–Kier alpha value is -2.89. The zero-order valence-electron chi connectivity index (χ0n) is 11.8. The van der Waals surface area contributed by atoms with Crippen molar-refractivity contribution in [2.24, 2.45) is 0 Å². The summed E-state index contributed by atoms with van der Waals surface area (Å²) in [5.74, 6) is 1.09. The second-order valence-corrected chi connectivity index (χ2v) is 5.29. The number of rotatable bonds is 3. The molecule has 0 atom stereocenters. The van der Waals surface area contributed by atoms with Gasteiger partial charge in [-0.05, 0) is 18.2 Å². The third-order valence-electron chi connectivity index (χ3n) is 3.74. The molecular weight excluding hydrogens is 280 g/mol. The average molecular weight is 294 g/mol. The zero-order chi connectivity index (χ0) is 14.9. The van der Waals surface area contributed by atoms with E-state index in [2.05, 4.69) is 15.3 Å². The van der Waals surface area contributed by atoms with Gasteiger partial charge in [-0.2, -0.15) is 0 Å². The maximum Gasteiger partial charge on any atom is 0.289 e. The normalized spacial score (nSPS) is 14.8. The minimum absolute atomic E-state index is 0.0723. The van der Waals surface area contributed by atoms with Gasteiger partial charge in [0.25, 0.3) is 5.91 Å². The zero-order valence-corrected chi connectivity index (χ0v) is 11.8. The van der Waals surface area contributed by atoms with Gasteiger partial charge in [0, 0.05) is 24.7 Å². The second-order valence-electron chi connectivity index (χ2n) is 5.29. The Balaban J connectivity index is 1.41. The molecule has 0 radical (unpaired) electrons. The summed E-state index contributed by atoms with van der Waals surface area (Å²) in [4.78, 5) is 22.1. The first-order chi connectivity index (χ1) is 10.8. The number of likely N-dealkylation sites (tertiary alicyclic amines) is 1. The molecule has 1 aromatic carbocycles. The van der Waals surface area contributed by atoms with Crippen LogP contribution in [0.15, 0.2) is 53.3 Å². The van der Waals surface area contributed by atoms with Crippen molar-refractivity contribution in [3.63, 3.8) is 0 Å². The van der Waals surface area contributed by atoms with Crippen molar-refractivity contribution in [2.45, 2.75) is 6.04 Å². The fraction of sp³-hybridized carbons (Fsp3) is 0.188. The quantitative estimate of drug-likeness (QED) is 0.801. The Morgan fingerprint density at radius 2 is 2.14 bits per heavy atom. The maximum atomic E-state index is 12.4. The molecule has 3 aromatic rings. The topological polar surface area (TPSA) is 71.3 Å². The number of nitrogens with zero attached hydrogens (tertiary/aromatic N) is 3. The van der Waals surface area contributed by atoms with E-state index in [9.17, 15) is 4.79 Å². The van der Waals surface area contributed by atoms with Crippen molar-refractivity contribution >= 4 is 22.7 Å². The third-order valence-corrected chi connectivity index (χ3v) is 3.74. The molecule has 4 rings (SSSR count). The Morgan fingerprint density at radius 1 is 1.27 bits per heavy atom. The molecule has 1 fully saturated rings. The molecule has 3 heterocycles. The van der Waals surface area contributed by atoms with Crippen LogP contribution in [0, 0.1) is 0 Å². The van der Waals surface area contributed by atoms with Gasteiger partial charge in [-0.25, -0.2) is 9.97 Å². The van der Waals surface area contributed by atoms with Crippen molar-refractivity contribution in [1.82, 2.24) is 14.9 Å². The van der Waals surface area contributed by atoms with Crippen LogP contribution < -0.4 is 5.32 Å². The first-order valence-corrected chi connectivity index (χ1v) is 7.10. The smallest absolute Gasteiger partial charge is 0.289 e. The summed E-state index contributed by atoms with van der Waals surface area (Å²) < 4.78 is 5.61. The van der Waals surface area contributed by atoms with Crippen molar-refractivity contribution in [2.75, 3.05) is 18.4 Å². The average Bonchev–Trinajstić information content (AvgIpc) is 2.95. The van der Waals surface area contributed by atoms with Crippen molar-refractivity contribution in [1.29, 1.82) is 0 Å². The number of aromatic nitrogens is 2. The van der Waals surface area contributed by atoms with Crippen molar-refractivity contribution in [3.8, 4) is 0 Å². The predicted molar refractivity (Wildman–Crippen MR) is 81.6 cm³/mol. The highest BCUT2D eigenvalue weighted by Gasteiger charge is 2.32. The number of hydrogen-bond acceptors (Lipinski definition) is 5. The van der Waals surface area contributed by atoms with Crippen LogP contribution in [0.2, 0.25) is 0 Å². The molecule has 0 bridgehead atoms. The number of anilines is 1. The minimum Gasteiger partial charge on any atom is -0.451 e. The molecule has 6 nitrogen and oxygen atoms in total. The fourth-order valence-electron chi connectivity index (χ4n) is 2.56. The van der Waals surface area contributed by atoms with Crippen LogP contribution in [0.25, 0.3) is 11.0 Å². The lowest BCUT2D eigenvalue weighted by Crippen LogP contribution is -2.57. The molecule has 1 N–H and O–H groups in total. The van der Waals surface area contributed by atoms with E-state index in [1.807, 2.05) is 30.3 Å². The number of carbonyl (C=O) groups excluding carboxylic acids is 1. The van der Waals surface area contributed by atoms with Gasteiger partial charge in [-0.15, -0.1) is 0 Å². The molecule has 1 amide bonds. The summed E-state index contributed by atoms with van der Waals surface area (Å²) in [6.07, 6.45) is 3.18. The summed E-state index contributed by atoms with van der Waals surface area (Å²) in [5, 5.41) is 4.21. The number of nitrogens with one attached hydrogen (secondary N) is 1. The maximum absolute atomic E-state index is 12.4. The van der Waals surface area contributed by atoms with Gasteiger partial charge >= 0.3 is 0 Å². The largest absolute Gasteiger partial charge is 0.451 e. The first kappa shape index (κ1) is 12.8. The third kappa shape index (κ3) is 2.28. The lowest BCUT2D eigenvalue weighted by molar-refractivity contribution is 0.0594. The van der Waals surface area contributed by atoms with Gasteiger partial charge < -0.3 is 14.6 Å². The monoisotopic (exact) mass is 294 g/mol. The number of benzene rings is 1. The lowest BCUT2D eigenvalue weighted by Gasteiger charge is -2.39. The van der Waals surface area contributed by atoms with E-state index < -0.39 is 0 Å². The van der Waals surface area contributed by atoms with Gasteiger partial charge in [0.05, 0.1) is 6.04 Å². The lowest BCUT2D eigenvalue weighted by atomic mass is 10.1. The van der Waals surface area contributed by atoms with Crippen LogP contribution in [0.1, 0.15) is 10.6 Å². The molecule has 6 heteroatoms. The van der Waals surface area contributed by atoms with Gasteiger partial charge in [-0.3, -0.25) is 4.79 Å². The van der Waals surface area contributed by atoms with Crippen molar-refractivity contribution in [3.05, 3.63) is 54.7 Å². The molecule has 2 aromatic heterocycles. The number of amides is 1. The summed E-state index contributed by atoms with van der Waals surface area (Å²) in [6, 6.07) is 11.4. The Labute approximate surface area is 126 Å². The molecule has 1 aliphatic rings. The number of para-hydroxylation sites is 1. The van der Waals surface area contributed by atoms with E-state index in [1.165, 1.54) is 6.33 Å². The second kappa shape index (κ2) is 5.14. The number of carbonyl (C=O) groups is 1. The molecular formula is C16H14N4O2. The standard InChI is InChI=1S/C16H14N4O2/c21-16(14-7-11-3-1-2-4-13(11)22-14)20-8-12(9-20)19-15-5-6-17-10-18-15/h1-7,10,12H,8-9H2,(H,17,18,19).